The summed E-state index contributed by atoms with van der Waals surface area (Å²) >= 11 is 3.36. The maximum Gasteiger partial charge on any atom is 0.276 e. The van der Waals surface area contributed by atoms with Crippen molar-refractivity contribution < 1.29 is 4.79 Å². The van der Waals surface area contributed by atoms with E-state index in [4.69, 9.17) is 0 Å². The van der Waals surface area contributed by atoms with Gasteiger partial charge in [0.2, 0.25) is 0 Å². The van der Waals surface area contributed by atoms with Crippen LogP contribution < -0.4 is 10.6 Å². The molecule has 0 fully saturated rings. The third-order valence-corrected chi connectivity index (χ3v) is 3.16. The van der Waals surface area contributed by atoms with Crippen LogP contribution in [0.2, 0.25) is 0 Å². The third-order valence-electron chi connectivity index (χ3n) is 2.67. The largest absolute Gasteiger partial charge is 0.368 e. The lowest BCUT2D eigenvalue weighted by Crippen LogP contribution is -2.15. The topological polar surface area (TPSA) is 66.9 Å². The Hall–Kier alpha value is -1.95. The van der Waals surface area contributed by atoms with Crippen molar-refractivity contribution >= 4 is 33.3 Å². The van der Waals surface area contributed by atoms with Crippen molar-refractivity contribution in [1.82, 2.24) is 10.2 Å². The number of halogens is 1. The van der Waals surface area contributed by atoms with Crippen molar-refractivity contribution in [2.75, 3.05) is 17.2 Å². The molecule has 0 aliphatic rings. The highest BCUT2D eigenvalue weighted by molar-refractivity contribution is 9.10. The lowest BCUT2D eigenvalue weighted by molar-refractivity contribution is 0.102. The first kappa shape index (κ1) is 15.4. The van der Waals surface area contributed by atoms with Crippen molar-refractivity contribution in [3.63, 3.8) is 0 Å². The van der Waals surface area contributed by atoms with E-state index < -0.39 is 0 Å². The summed E-state index contributed by atoms with van der Waals surface area (Å²) in [4.78, 5) is 12.1. The normalized spacial score (nSPS) is 10.5. The molecule has 2 rings (SSSR count). The van der Waals surface area contributed by atoms with E-state index in [1.165, 1.54) is 0 Å². The van der Waals surface area contributed by atoms with Crippen LogP contribution in [0.5, 0.6) is 0 Å². The quantitative estimate of drug-likeness (QED) is 0.866. The van der Waals surface area contributed by atoms with Gasteiger partial charge in [0.25, 0.3) is 5.91 Å². The summed E-state index contributed by atoms with van der Waals surface area (Å²) in [6.07, 6.45) is 0. The number of aromatic nitrogens is 2. The average molecular weight is 349 g/mol. The second-order valence-electron chi connectivity index (χ2n) is 5.04. The molecule has 1 aromatic heterocycles. The summed E-state index contributed by atoms with van der Waals surface area (Å²) in [5.74, 6) is 0.907. The smallest absolute Gasteiger partial charge is 0.276 e. The van der Waals surface area contributed by atoms with Gasteiger partial charge in [0.1, 0.15) is 5.82 Å². The van der Waals surface area contributed by atoms with Gasteiger partial charge in [-0.15, -0.1) is 10.2 Å². The molecule has 5 nitrogen and oxygen atoms in total. The number of carbonyl (C=O) groups excluding carboxylic acids is 1. The molecule has 0 saturated heterocycles. The molecule has 110 valence electrons. The van der Waals surface area contributed by atoms with Crippen LogP contribution in [0.4, 0.5) is 11.5 Å². The number of anilines is 2. The number of nitrogens with zero attached hydrogens (tertiary/aromatic N) is 2. The van der Waals surface area contributed by atoms with E-state index in [9.17, 15) is 4.79 Å². The first-order valence-corrected chi connectivity index (χ1v) is 7.48. The Morgan fingerprint density at radius 3 is 2.67 bits per heavy atom. The first-order chi connectivity index (χ1) is 10.0. The molecule has 6 heteroatoms. The molecule has 0 atom stereocenters. The monoisotopic (exact) mass is 348 g/mol. The van der Waals surface area contributed by atoms with E-state index in [2.05, 4.69) is 50.6 Å². The molecule has 0 spiro atoms. The number of hydrogen-bond donors (Lipinski definition) is 2. The van der Waals surface area contributed by atoms with Crippen molar-refractivity contribution in [2.45, 2.75) is 13.8 Å². The van der Waals surface area contributed by atoms with Gasteiger partial charge >= 0.3 is 0 Å². The highest BCUT2D eigenvalue weighted by Gasteiger charge is 2.09. The van der Waals surface area contributed by atoms with Crippen molar-refractivity contribution in [3.05, 3.63) is 46.6 Å². The predicted molar refractivity (Wildman–Crippen MR) is 87.5 cm³/mol. The fourth-order valence-electron chi connectivity index (χ4n) is 1.62. The molecule has 1 heterocycles. The van der Waals surface area contributed by atoms with E-state index in [0.717, 1.165) is 11.0 Å². The molecule has 21 heavy (non-hydrogen) atoms. The van der Waals surface area contributed by atoms with Crippen LogP contribution in [0.15, 0.2) is 40.9 Å². The summed E-state index contributed by atoms with van der Waals surface area (Å²) in [6, 6.07) is 10.8. The average Bonchev–Trinajstić information content (AvgIpc) is 2.45. The highest BCUT2D eigenvalue weighted by atomic mass is 79.9. The molecular weight excluding hydrogens is 332 g/mol. The van der Waals surface area contributed by atoms with Crippen molar-refractivity contribution in [1.29, 1.82) is 0 Å². The summed E-state index contributed by atoms with van der Waals surface area (Å²) in [5, 5.41) is 13.9. The minimum absolute atomic E-state index is 0.281. The molecule has 0 radical (unpaired) electrons. The molecule has 2 N–H and O–H groups in total. The molecule has 0 unspecified atom stereocenters. The van der Waals surface area contributed by atoms with Crippen LogP contribution in [-0.4, -0.2) is 22.6 Å². The summed E-state index contributed by atoms with van der Waals surface area (Å²) in [6.45, 7) is 5.04. The number of benzene rings is 1. The van der Waals surface area contributed by atoms with Crippen LogP contribution in [0.25, 0.3) is 0 Å². The Balaban J connectivity index is 1.99. The zero-order valence-corrected chi connectivity index (χ0v) is 13.5. The SMILES string of the molecule is CC(C)CNc1ccc(C(=O)Nc2cccc(Br)c2)nn1. The molecular formula is C15H17BrN4O. The van der Waals surface area contributed by atoms with Gasteiger partial charge in [-0.05, 0) is 36.2 Å². The third kappa shape index (κ3) is 4.82. The van der Waals surface area contributed by atoms with Crippen molar-refractivity contribution in [2.24, 2.45) is 5.92 Å². The van der Waals surface area contributed by atoms with E-state index in [0.29, 0.717) is 17.4 Å². The molecule has 0 saturated carbocycles. The zero-order chi connectivity index (χ0) is 15.2. The van der Waals surface area contributed by atoms with Gasteiger partial charge in [0.05, 0.1) is 0 Å². The maximum atomic E-state index is 12.1. The van der Waals surface area contributed by atoms with Gasteiger partial charge in [0.15, 0.2) is 5.69 Å². The van der Waals surface area contributed by atoms with Crippen LogP contribution in [0, 0.1) is 5.92 Å². The zero-order valence-electron chi connectivity index (χ0n) is 11.9. The number of rotatable bonds is 5. The van der Waals surface area contributed by atoms with Crippen LogP contribution in [-0.2, 0) is 0 Å². The Labute approximate surface area is 132 Å². The summed E-state index contributed by atoms with van der Waals surface area (Å²) in [7, 11) is 0. The van der Waals surface area contributed by atoms with Crippen LogP contribution in [0.3, 0.4) is 0 Å². The predicted octanol–water partition coefficient (Wildman–Crippen LogP) is 3.56. The molecule has 0 aliphatic carbocycles. The Bertz CT molecular complexity index is 613. The lowest BCUT2D eigenvalue weighted by atomic mass is 10.2. The first-order valence-electron chi connectivity index (χ1n) is 6.69. The lowest BCUT2D eigenvalue weighted by Gasteiger charge is -2.08. The fourth-order valence-corrected chi connectivity index (χ4v) is 2.02. The molecule has 1 aromatic carbocycles. The van der Waals surface area contributed by atoms with Crippen LogP contribution in [0.1, 0.15) is 24.3 Å². The van der Waals surface area contributed by atoms with E-state index in [1.54, 1.807) is 12.1 Å². The minimum Gasteiger partial charge on any atom is -0.368 e. The van der Waals surface area contributed by atoms with Gasteiger partial charge in [-0.1, -0.05) is 35.8 Å². The number of carbonyl (C=O) groups is 1. The minimum atomic E-state index is -0.281. The number of hydrogen-bond acceptors (Lipinski definition) is 4. The standard InChI is InChI=1S/C15H17BrN4O/c1-10(2)9-17-14-7-6-13(19-20-14)15(21)18-12-5-3-4-11(16)8-12/h3-8,10H,9H2,1-2H3,(H,17,20)(H,18,21). The van der Waals surface area contributed by atoms with E-state index >= 15 is 0 Å². The maximum absolute atomic E-state index is 12.1. The van der Waals surface area contributed by atoms with Crippen LogP contribution >= 0.6 is 15.9 Å². The molecule has 0 aliphatic heterocycles. The Kier molecular flexibility index (Phi) is 5.27. The highest BCUT2D eigenvalue weighted by Crippen LogP contribution is 2.16. The van der Waals surface area contributed by atoms with E-state index in [1.807, 2.05) is 24.3 Å². The summed E-state index contributed by atoms with van der Waals surface area (Å²) < 4.78 is 0.902. The van der Waals surface area contributed by atoms with Gasteiger partial charge in [0, 0.05) is 16.7 Å². The fraction of sp³-hybridized carbons (Fsp3) is 0.267. The number of amides is 1. The molecule has 1 amide bonds. The Morgan fingerprint density at radius 2 is 2.05 bits per heavy atom. The second-order valence-corrected chi connectivity index (χ2v) is 5.96. The van der Waals surface area contributed by atoms with Gasteiger partial charge in [-0.3, -0.25) is 4.79 Å². The Morgan fingerprint density at radius 1 is 1.24 bits per heavy atom. The summed E-state index contributed by atoms with van der Waals surface area (Å²) in [5.41, 5.74) is 0.989. The van der Waals surface area contributed by atoms with Gasteiger partial charge in [-0.25, -0.2) is 0 Å². The van der Waals surface area contributed by atoms with Gasteiger partial charge in [-0.2, -0.15) is 0 Å². The van der Waals surface area contributed by atoms with E-state index in [-0.39, 0.29) is 11.6 Å². The van der Waals surface area contributed by atoms with Crippen molar-refractivity contribution in [3.8, 4) is 0 Å². The molecule has 2 aromatic rings. The second kappa shape index (κ2) is 7.17. The number of nitrogens with one attached hydrogen (secondary N) is 2. The molecule has 0 bridgehead atoms. The van der Waals surface area contributed by atoms with Gasteiger partial charge < -0.3 is 10.6 Å².